The number of amides is 2. The molecule has 2 fully saturated rings. The maximum Gasteiger partial charge on any atom is 0.242 e. The second kappa shape index (κ2) is 5.67. The van der Waals surface area contributed by atoms with Crippen LogP contribution in [-0.2, 0) is 14.3 Å². The fourth-order valence-corrected chi connectivity index (χ4v) is 2.46. The lowest BCUT2D eigenvalue weighted by Gasteiger charge is -2.37. The third-order valence-corrected chi connectivity index (χ3v) is 3.29. The first-order valence-corrected chi connectivity index (χ1v) is 6.48. The van der Waals surface area contributed by atoms with Crippen LogP contribution in [0.5, 0.6) is 0 Å². The van der Waals surface area contributed by atoms with Gasteiger partial charge >= 0.3 is 0 Å². The van der Waals surface area contributed by atoms with Crippen LogP contribution in [-0.4, -0.2) is 73.1 Å². The normalized spacial score (nSPS) is 29.6. The summed E-state index contributed by atoms with van der Waals surface area (Å²) in [7, 11) is 0. The number of nitrogens with one attached hydrogen (secondary N) is 1. The first kappa shape index (κ1) is 13.3. The Balaban J connectivity index is 1.88. The first-order valence-electron chi connectivity index (χ1n) is 6.48. The van der Waals surface area contributed by atoms with Gasteiger partial charge in [-0.15, -0.1) is 0 Å². The van der Waals surface area contributed by atoms with E-state index in [0.717, 1.165) is 6.54 Å². The van der Waals surface area contributed by atoms with Crippen LogP contribution in [0, 0.1) is 0 Å². The van der Waals surface area contributed by atoms with E-state index in [4.69, 9.17) is 4.74 Å². The van der Waals surface area contributed by atoms with E-state index in [1.165, 1.54) is 0 Å². The van der Waals surface area contributed by atoms with Gasteiger partial charge in [0, 0.05) is 26.2 Å². The molecule has 102 valence electrons. The van der Waals surface area contributed by atoms with Gasteiger partial charge in [0.05, 0.1) is 25.3 Å². The van der Waals surface area contributed by atoms with E-state index < -0.39 is 0 Å². The van der Waals surface area contributed by atoms with E-state index >= 15 is 0 Å². The molecular formula is C12H21N3O3. The van der Waals surface area contributed by atoms with E-state index in [0.29, 0.717) is 26.2 Å². The zero-order chi connectivity index (χ0) is 13.1. The molecule has 6 nitrogen and oxygen atoms in total. The molecule has 0 radical (unpaired) electrons. The Morgan fingerprint density at radius 3 is 2.67 bits per heavy atom. The molecule has 0 aromatic carbocycles. The third-order valence-electron chi connectivity index (χ3n) is 3.29. The zero-order valence-electron chi connectivity index (χ0n) is 11.0. The number of carbonyl (C=O) groups excluding carboxylic acids is 2. The number of carbonyl (C=O) groups is 2. The van der Waals surface area contributed by atoms with Gasteiger partial charge in [-0.25, -0.2) is 0 Å². The van der Waals surface area contributed by atoms with E-state index in [-0.39, 0.29) is 30.6 Å². The van der Waals surface area contributed by atoms with Crippen LogP contribution in [0.2, 0.25) is 0 Å². The third kappa shape index (κ3) is 3.20. The molecule has 0 spiro atoms. The van der Waals surface area contributed by atoms with Gasteiger partial charge in [0.15, 0.2) is 0 Å². The number of hydrogen-bond acceptors (Lipinski definition) is 4. The second-order valence-corrected chi connectivity index (χ2v) is 5.05. The smallest absolute Gasteiger partial charge is 0.242 e. The molecule has 1 N–H and O–H groups in total. The van der Waals surface area contributed by atoms with Crippen LogP contribution in [0.4, 0.5) is 0 Å². The van der Waals surface area contributed by atoms with Crippen molar-refractivity contribution in [2.24, 2.45) is 0 Å². The molecule has 2 aliphatic rings. The van der Waals surface area contributed by atoms with Crippen molar-refractivity contribution in [3.8, 4) is 0 Å². The van der Waals surface area contributed by atoms with Crippen LogP contribution in [0.25, 0.3) is 0 Å². The van der Waals surface area contributed by atoms with E-state index in [1.54, 1.807) is 9.80 Å². The second-order valence-electron chi connectivity index (χ2n) is 5.05. The minimum absolute atomic E-state index is 0.00366. The van der Waals surface area contributed by atoms with Gasteiger partial charge in [0.1, 0.15) is 0 Å². The predicted octanol–water partition coefficient (Wildman–Crippen LogP) is -0.946. The van der Waals surface area contributed by atoms with Gasteiger partial charge in [-0.05, 0) is 13.8 Å². The van der Waals surface area contributed by atoms with Crippen molar-refractivity contribution < 1.29 is 14.3 Å². The summed E-state index contributed by atoms with van der Waals surface area (Å²) in [5.41, 5.74) is 0. The zero-order valence-corrected chi connectivity index (χ0v) is 11.0. The summed E-state index contributed by atoms with van der Waals surface area (Å²) in [6.07, 6.45) is 0.132. The van der Waals surface area contributed by atoms with E-state index in [9.17, 15) is 9.59 Å². The number of morpholine rings is 1. The van der Waals surface area contributed by atoms with Gasteiger partial charge < -0.3 is 19.9 Å². The van der Waals surface area contributed by atoms with E-state index in [1.807, 2.05) is 13.8 Å². The van der Waals surface area contributed by atoms with Crippen molar-refractivity contribution >= 4 is 11.8 Å². The Hall–Kier alpha value is -1.14. The van der Waals surface area contributed by atoms with Gasteiger partial charge in [0.25, 0.3) is 0 Å². The average Bonchev–Trinajstić information content (AvgIpc) is 2.31. The molecule has 2 rings (SSSR count). The SMILES string of the molecule is C[C@@H]1CN(C(=O)CN2CCNCC2=O)C[C@H](C)O1. The Kier molecular flexibility index (Phi) is 4.19. The fraction of sp³-hybridized carbons (Fsp3) is 0.833. The molecular weight excluding hydrogens is 234 g/mol. The van der Waals surface area contributed by atoms with Crippen LogP contribution < -0.4 is 5.32 Å². The standard InChI is InChI=1S/C12H21N3O3/c1-9-6-15(7-10(2)18-9)12(17)8-14-4-3-13-5-11(14)16/h9-10,13H,3-8H2,1-2H3/t9-,10+. The van der Waals surface area contributed by atoms with Crippen LogP contribution >= 0.6 is 0 Å². The van der Waals surface area contributed by atoms with Crippen molar-refractivity contribution in [3.63, 3.8) is 0 Å². The van der Waals surface area contributed by atoms with Gasteiger partial charge in [-0.3, -0.25) is 9.59 Å². The molecule has 2 atom stereocenters. The van der Waals surface area contributed by atoms with Crippen molar-refractivity contribution in [1.29, 1.82) is 0 Å². The Labute approximate surface area is 107 Å². The van der Waals surface area contributed by atoms with Crippen LogP contribution in [0.15, 0.2) is 0 Å². The van der Waals surface area contributed by atoms with Crippen molar-refractivity contribution in [2.75, 3.05) is 39.3 Å². The number of hydrogen-bond donors (Lipinski definition) is 1. The topological polar surface area (TPSA) is 61.9 Å². The number of piperazine rings is 1. The first-order chi connectivity index (χ1) is 8.56. The molecule has 2 amide bonds. The van der Waals surface area contributed by atoms with E-state index in [2.05, 4.69) is 5.32 Å². The Morgan fingerprint density at radius 2 is 2.06 bits per heavy atom. The van der Waals surface area contributed by atoms with Crippen LogP contribution in [0.3, 0.4) is 0 Å². The highest BCUT2D eigenvalue weighted by atomic mass is 16.5. The van der Waals surface area contributed by atoms with Crippen molar-refractivity contribution in [2.45, 2.75) is 26.1 Å². The number of nitrogens with zero attached hydrogens (tertiary/aromatic N) is 2. The molecule has 6 heteroatoms. The summed E-state index contributed by atoms with van der Waals surface area (Å²) in [5, 5.41) is 3.00. The van der Waals surface area contributed by atoms with Gasteiger partial charge in [0.2, 0.25) is 11.8 Å². The number of ether oxygens (including phenoxy) is 1. The lowest BCUT2D eigenvalue weighted by Crippen LogP contribution is -2.55. The molecule has 2 aliphatic heterocycles. The minimum atomic E-state index is 0.00366. The highest BCUT2D eigenvalue weighted by Crippen LogP contribution is 2.11. The molecule has 0 saturated carbocycles. The molecule has 0 unspecified atom stereocenters. The lowest BCUT2D eigenvalue weighted by atomic mass is 10.2. The van der Waals surface area contributed by atoms with Crippen molar-refractivity contribution in [1.82, 2.24) is 15.1 Å². The Bertz CT molecular complexity index is 325. The summed E-state index contributed by atoms with van der Waals surface area (Å²) in [5.74, 6) is 0.0243. The highest BCUT2D eigenvalue weighted by Gasteiger charge is 2.28. The molecule has 2 heterocycles. The minimum Gasteiger partial charge on any atom is -0.372 e. The summed E-state index contributed by atoms with van der Waals surface area (Å²) in [4.78, 5) is 27.2. The molecule has 18 heavy (non-hydrogen) atoms. The molecule has 0 aromatic rings. The maximum atomic E-state index is 12.2. The quantitative estimate of drug-likeness (QED) is 0.691. The molecule has 2 saturated heterocycles. The van der Waals surface area contributed by atoms with Gasteiger partial charge in [-0.1, -0.05) is 0 Å². The molecule has 0 bridgehead atoms. The van der Waals surface area contributed by atoms with Crippen LogP contribution in [0.1, 0.15) is 13.8 Å². The largest absolute Gasteiger partial charge is 0.372 e. The Morgan fingerprint density at radius 1 is 1.39 bits per heavy atom. The summed E-state index contributed by atoms with van der Waals surface area (Å²) >= 11 is 0. The lowest BCUT2D eigenvalue weighted by molar-refractivity contribution is -0.148. The summed E-state index contributed by atoms with van der Waals surface area (Å²) in [6.45, 7) is 7.06. The average molecular weight is 255 g/mol. The highest BCUT2D eigenvalue weighted by molar-refractivity contribution is 5.86. The van der Waals surface area contributed by atoms with Gasteiger partial charge in [-0.2, -0.15) is 0 Å². The fourth-order valence-electron chi connectivity index (χ4n) is 2.46. The summed E-state index contributed by atoms with van der Waals surface area (Å²) < 4.78 is 5.59. The maximum absolute atomic E-state index is 12.2. The van der Waals surface area contributed by atoms with Crippen molar-refractivity contribution in [3.05, 3.63) is 0 Å². The molecule has 0 aromatic heterocycles. The summed E-state index contributed by atoms with van der Waals surface area (Å²) in [6, 6.07) is 0. The predicted molar refractivity (Wildman–Crippen MR) is 66.0 cm³/mol. The number of rotatable bonds is 2. The molecule has 0 aliphatic carbocycles. The monoisotopic (exact) mass is 255 g/mol.